The molecule has 2 N–H and O–H groups in total. The summed E-state index contributed by atoms with van der Waals surface area (Å²) >= 11 is 0. The van der Waals surface area contributed by atoms with Gasteiger partial charge in [-0.2, -0.15) is 0 Å². The number of ether oxygens (including phenoxy) is 1. The van der Waals surface area contributed by atoms with E-state index in [2.05, 4.69) is 11.4 Å². The van der Waals surface area contributed by atoms with Crippen LogP contribution in [0.15, 0.2) is 0 Å². The Bertz CT molecular complexity index is 383. The summed E-state index contributed by atoms with van der Waals surface area (Å²) in [5.74, 6) is -0.334. The molecule has 162 valence electrons. The molecule has 0 rings (SSSR count). The van der Waals surface area contributed by atoms with Crippen LogP contribution in [0.1, 0.15) is 110 Å². The first-order valence-electron chi connectivity index (χ1n) is 10.8. The molecule has 0 unspecified atom stereocenters. The van der Waals surface area contributed by atoms with Gasteiger partial charge in [-0.1, -0.05) is 96.8 Å². The van der Waals surface area contributed by atoms with Crippen molar-refractivity contribution in [1.82, 2.24) is 0 Å². The fourth-order valence-corrected chi connectivity index (χ4v) is 3.34. The Kier molecular flexibility index (Phi) is 18.6. The molecular weight excluding hydrogens is 367 g/mol. The highest BCUT2D eigenvalue weighted by molar-refractivity contribution is 7.46. The molecule has 27 heavy (non-hydrogen) atoms. The fraction of sp³-hybridized carbons (Fsp3) is 0.950. The summed E-state index contributed by atoms with van der Waals surface area (Å²) in [7, 11) is -4.47. The van der Waals surface area contributed by atoms with E-state index < -0.39 is 7.82 Å². The first-order chi connectivity index (χ1) is 13.0. The number of hydrogen-bond acceptors (Lipinski definition) is 4. The van der Waals surface area contributed by atoms with Crippen LogP contribution in [0.5, 0.6) is 0 Å². The van der Waals surface area contributed by atoms with Crippen LogP contribution in [0.25, 0.3) is 0 Å². The summed E-state index contributed by atoms with van der Waals surface area (Å²) in [5.41, 5.74) is 0. The van der Waals surface area contributed by atoms with Gasteiger partial charge in [-0.15, -0.1) is 0 Å². The van der Waals surface area contributed by atoms with Gasteiger partial charge in [-0.25, -0.2) is 4.57 Å². The van der Waals surface area contributed by atoms with E-state index in [-0.39, 0.29) is 19.2 Å². The highest BCUT2D eigenvalue weighted by atomic mass is 31.2. The second-order valence-electron chi connectivity index (χ2n) is 7.24. The number of carbonyl (C=O) groups excluding carboxylic acids is 1. The van der Waals surface area contributed by atoms with Gasteiger partial charge in [-0.05, 0) is 6.42 Å². The summed E-state index contributed by atoms with van der Waals surface area (Å²) in [4.78, 5) is 28.4. The highest BCUT2D eigenvalue weighted by Gasteiger charge is 2.13. The predicted molar refractivity (Wildman–Crippen MR) is 109 cm³/mol. The Morgan fingerprint density at radius 1 is 0.704 bits per heavy atom. The van der Waals surface area contributed by atoms with Gasteiger partial charge >= 0.3 is 13.8 Å². The molecule has 0 aliphatic carbocycles. The fourth-order valence-electron chi connectivity index (χ4n) is 3.02. The van der Waals surface area contributed by atoms with Crippen molar-refractivity contribution in [3.63, 3.8) is 0 Å². The van der Waals surface area contributed by atoms with Gasteiger partial charge in [-0.3, -0.25) is 9.32 Å². The third-order valence-electron chi connectivity index (χ3n) is 4.59. The van der Waals surface area contributed by atoms with Crippen LogP contribution < -0.4 is 0 Å². The van der Waals surface area contributed by atoms with Gasteiger partial charge in [0.05, 0.1) is 6.61 Å². The van der Waals surface area contributed by atoms with Gasteiger partial charge in [0.15, 0.2) is 0 Å². The monoisotopic (exact) mass is 408 g/mol. The van der Waals surface area contributed by atoms with E-state index in [4.69, 9.17) is 14.5 Å². The molecule has 0 heterocycles. The van der Waals surface area contributed by atoms with E-state index in [9.17, 15) is 9.36 Å². The first kappa shape index (κ1) is 26.6. The van der Waals surface area contributed by atoms with Crippen molar-refractivity contribution in [1.29, 1.82) is 0 Å². The number of esters is 1. The zero-order valence-corrected chi connectivity index (χ0v) is 18.1. The number of phosphoric acid groups is 1. The Morgan fingerprint density at radius 2 is 1.11 bits per heavy atom. The Balaban J connectivity index is 3.18. The van der Waals surface area contributed by atoms with Crippen LogP contribution >= 0.6 is 7.82 Å². The molecule has 0 aliphatic rings. The van der Waals surface area contributed by atoms with Crippen LogP contribution in [0.2, 0.25) is 0 Å². The van der Waals surface area contributed by atoms with Crippen molar-refractivity contribution in [2.75, 3.05) is 13.2 Å². The van der Waals surface area contributed by atoms with E-state index in [0.717, 1.165) is 19.3 Å². The number of unbranched alkanes of at least 4 members (excludes halogenated alkanes) is 14. The number of hydrogen-bond donors (Lipinski definition) is 2. The average molecular weight is 409 g/mol. The molecular formula is C20H41O6P. The van der Waals surface area contributed by atoms with E-state index in [0.29, 0.717) is 6.42 Å². The minimum atomic E-state index is -4.47. The maximum Gasteiger partial charge on any atom is 0.469 e. The smallest absolute Gasteiger partial charge is 0.463 e. The van der Waals surface area contributed by atoms with E-state index in [1.807, 2.05) is 0 Å². The molecule has 0 amide bonds. The topological polar surface area (TPSA) is 93.1 Å². The molecule has 0 radical (unpaired) electrons. The van der Waals surface area contributed by atoms with Crippen molar-refractivity contribution in [3.05, 3.63) is 0 Å². The van der Waals surface area contributed by atoms with Crippen molar-refractivity contribution < 1.29 is 28.4 Å². The van der Waals surface area contributed by atoms with Crippen LogP contribution in [-0.4, -0.2) is 29.0 Å². The summed E-state index contributed by atoms with van der Waals surface area (Å²) in [6.07, 6.45) is 19.5. The summed E-state index contributed by atoms with van der Waals surface area (Å²) in [6.45, 7) is 1.85. The standard InChI is InChI=1S/C20H41O6P/c1-2-3-4-5-6-7-8-9-10-11-12-13-14-15-16-17-20(21)25-18-19-26-27(22,23)24/h2-19H2,1H3,(H2,22,23,24). The number of phosphoric ester groups is 1. The molecule has 0 saturated carbocycles. The molecule has 0 aromatic rings. The zero-order valence-electron chi connectivity index (χ0n) is 17.2. The second-order valence-corrected chi connectivity index (χ2v) is 8.48. The maximum atomic E-state index is 11.4. The lowest BCUT2D eigenvalue weighted by Gasteiger charge is -2.06. The third-order valence-corrected chi connectivity index (χ3v) is 5.11. The van der Waals surface area contributed by atoms with Gasteiger partial charge in [0.25, 0.3) is 0 Å². The minimum Gasteiger partial charge on any atom is -0.463 e. The van der Waals surface area contributed by atoms with Crippen LogP contribution in [0.4, 0.5) is 0 Å². The third kappa shape index (κ3) is 23.5. The molecule has 0 aromatic carbocycles. The lowest BCUT2D eigenvalue weighted by atomic mass is 10.0. The Hall–Kier alpha value is -0.420. The van der Waals surface area contributed by atoms with Crippen molar-refractivity contribution in [2.24, 2.45) is 0 Å². The molecule has 0 aliphatic heterocycles. The normalized spacial score (nSPS) is 11.7. The van der Waals surface area contributed by atoms with Crippen molar-refractivity contribution in [2.45, 2.75) is 110 Å². The van der Waals surface area contributed by atoms with E-state index >= 15 is 0 Å². The molecule has 0 aromatic heterocycles. The summed E-state index contributed by atoms with van der Waals surface area (Å²) < 4.78 is 19.5. The molecule has 0 fully saturated rings. The average Bonchev–Trinajstić information content (AvgIpc) is 2.61. The highest BCUT2D eigenvalue weighted by Crippen LogP contribution is 2.35. The number of rotatable bonds is 20. The van der Waals surface area contributed by atoms with Gasteiger partial charge in [0.1, 0.15) is 6.61 Å². The van der Waals surface area contributed by atoms with Crippen molar-refractivity contribution in [3.8, 4) is 0 Å². The maximum absolute atomic E-state index is 11.4. The van der Waals surface area contributed by atoms with E-state index in [1.54, 1.807) is 0 Å². The lowest BCUT2D eigenvalue weighted by molar-refractivity contribution is -0.144. The Labute approximate surface area is 165 Å². The number of carbonyl (C=O) groups is 1. The van der Waals surface area contributed by atoms with Crippen LogP contribution in [0, 0.1) is 0 Å². The minimum absolute atomic E-state index is 0.122. The van der Waals surface area contributed by atoms with Crippen molar-refractivity contribution >= 4 is 13.8 Å². The quantitative estimate of drug-likeness (QED) is 0.148. The van der Waals surface area contributed by atoms with Gasteiger partial charge < -0.3 is 14.5 Å². The summed E-state index contributed by atoms with van der Waals surface area (Å²) in [6, 6.07) is 0. The Morgan fingerprint density at radius 3 is 1.52 bits per heavy atom. The molecule has 6 nitrogen and oxygen atoms in total. The van der Waals surface area contributed by atoms with E-state index in [1.165, 1.54) is 77.0 Å². The molecule has 0 spiro atoms. The molecule has 7 heteroatoms. The first-order valence-corrected chi connectivity index (χ1v) is 12.3. The molecule has 0 saturated heterocycles. The van der Waals surface area contributed by atoms with Crippen LogP contribution in [-0.2, 0) is 18.6 Å². The zero-order chi connectivity index (χ0) is 20.2. The lowest BCUT2D eigenvalue weighted by Crippen LogP contribution is -2.09. The second kappa shape index (κ2) is 18.9. The SMILES string of the molecule is CCCCCCCCCCCCCCCCCC(=O)OCCOP(=O)(O)O. The summed E-state index contributed by atoms with van der Waals surface area (Å²) in [5, 5.41) is 0. The molecule has 0 bridgehead atoms. The largest absolute Gasteiger partial charge is 0.469 e. The predicted octanol–water partition coefficient (Wildman–Crippen LogP) is 5.90. The molecule has 0 atom stereocenters. The van der Waals surface area contributed by atoms with Crippen LogP contribution in [0.3, 0.4) is 0 Å². The van der Waals surface area contributed by atoms with Gasteiger partial charge in [0, 0.05) is 6.42 Å². The van der Waals surface area contributed by atoms with Gasteiger partial charge in [0.2, 0.25) is 0 Å².